The summed E-state index contributed by atoms with van der Waals surface area (Å²) < 4.78 is 0. The highest BCUT2D eigenvalue weighted by Gasteiger charge is 2.24. The lowest BCUT2D eigenvalue weighted by atomic mass is 10.1. The SMILES string of the molecule is CCNC(=O)c1cc(NC2C=CC(C(=O)O)C2)ccn1. The van der Waals surface area contributed by atoms with Gasteiger partial charge in [0.25, 0.3) is 5.91 Å². The molecule has 3 N–H and O–H groups in total. The number of amides is 1. The first-order valence-corrected chi connectivity index (χ1v) is 6.52. The Kier molecular flexibility index (Phi) is 4.34. The van der Waals surface area contributed by atoms with E-state index in [0.717, 1.165) is 5.69 Å². The second-order valence-electron chi connectivity index (χ2n) is 4.61. The second kappa shape index (κ2) is 6.18. The third kappa shape index (κ3) is 3.34. The Morgan fingerprint density at radius 1 is 1.45 bits per heavy atom. The van der Waals surface area contributed by atoms with Crippen molar-refractivity contribution in [1.82, 2.24) is 10.3 Å². The van der Waals surface area contributed by atoms with E-state index in [4.69, 9.17) is 5.11 Å². The first-order valence-electron chi connectivity index (χ1n) is 6.52. The summed E-state index contributed by atoms with van der Waals surface area (Å²) in [6.07, 6.45) is 5.59. The Balaban J connectivity index is 2.01. The number of aromatic nitrogens is 1. The number of carboxylic acid groups (broad SMARTS) is 1. The molecule has 2 atom stereocenters. The van der Waals surface area contributed by atoms with Crippen LogP contribution in [-0.2, 0) is 4.79 Å². The summed E-state index contributed by atoms with van der Waals surface area (Å²) in [6.45, 7) is 2.39. The molecule has 106 valence electrons. The van der Waals surface area contributed by atoms with Crippen LogP contribution in [0.4, 0.5) is 5.69 Å². The Morgan fingerprint density at radius 2 is 2.25 bits per heavy atom. The van der Waals surface area contributed by atoms with Crippen LogP contribution in [0.25, 0.3) is 0 Å². The number of rotatable bonds is 5. The van der Waals surface area contributed by atoms with Crippen LogP contribution >= 0.6 is 0 Å². The Hall–Kier alpha value is -2.37. The maximum absolute atomic E-state index is 11.7. The highest BCUT2D eigenvalue weighted by molar-refractivity contribution is 5.93. The molecule has 6 nitrogen and oxygen atoms in total. The van der Waals surface area contributed by atoms with Crippen LogP contribution in [-0.4, -0.2) is 34.6 Å². The van der Waals surface area contributed by atoms with Gasteiger partial charge in [0.2, 0.25) is 0 Å². The molecular weight excluding hydrogens is 258 g/mol. The number of hydrogen-bond donors (Lipinski definition) is 3. The predicted octanol–water partition coefficient (Wildman–Crippen LogP) is 1.27. The second-order valence-corrected chi connectivity index (χ2v) is 4.61. The van der Waals surface area contributed by atoms with E-state index in [1.807, 2.05) is 13.0 Å². The predicted molar refractivity (Wildman–Crippen MR) is 74.5 cm³/mol. The van der Waals surface area contributed by atoms with Crippen molar-refractivity contribution in [3.05, 3.63) is 36.2 Å². The first kappa shape index (κ1) is 14.0. The molecule has 0 aromatic carbocycles. The Bertz CT molecular complexity index is 542. The highest BCUT2D eigenvalue weighted by atomic mass is 16.4. The van der Waals surface area contributed by atoms with Gasteiger partial charge in [-0.3, -0.25) is 14.6 Å². The number of anilines is 1. The number of carbonyl (C=O) groups is 2. The van der Waals surface area contributed by atoms with E-state index < -0.39 is 11.9 Å². The van der Waals surface area contributed by atoms with Gasteiger partial charge >= 0.3 is 5.97 Å². The number of carboxylic acids is 1. The van der Waals surface area contributed by atoms with E-state index in [1.165, 1.54) is 0 Å². The largest absolute Gasteiger partial charge is 0.481 e. The van der Waals surface area contributed by atoms with Crippen molar-refractivity contribution in [2.75, 3.05) is 11.9 Å². The summed E-state index contributed by atoms with van der Waals surface area (Å²) >= 11 is 0. The molecular formula is C14H17N3O3. The zero-order chi connectivity index (χ0) is 14.5. The molecule has 1 aromatic rings. The fourth-order valence-corrected chi connectivity index (χ4v) is 2.10. The molecule has 0 spiro atoms. The van der Waals surface area contributed by atoms with E-state index in [-0.39, 0.29) is 11.9 Å². The molecule has 1 aromatic heterocycles. The molecule has 2 rings (SSSR count). The summed E-state index contributed by atoms with van der Waals surface area (Å²) in [5.74, 6) is -1.48. The molecule has 0 radical (unpaired) electrons. The van der Waals surface area contributed by atoms with Crippen molar-refractivity contribution in [3.8, 4) is 0 Å². The lowest BCUT2D eigenvalue weighted by Crippen LogP contribution is -2.24. The van der Waals surface area contributed by atoms with Gasteiger partial charge in [-0.25, -0.2) is 0 Å². The Morgan fingerprint density at radius 3 is 2.90 bits per heavy atom. The molecule has 1 heterocycles. The maximum atomic E-state index is 11.7. The van der Waals surface area contributed by atoms with Crippen molar-refractivity contribution in [1.29, 1.82) is 0 Å². The average molecular weight is 275 g/mol. The van der Waals surface area contributed by atoms with Crippen molar-refractivity contribution in [3.63, 3.8) is 0 Å². The number of pyridine rings is 1. The van der Waals surface area contributed by atoms with Gasteiger partial charge in [-0.1, -0.05) is 12.2 Å². The van der Waals surface area contributed by atoms with Gasteiger partial charge in [0.05, 0.1) is 5.92 Å². The summed E-state index contributed by atoms with van der Waals surface area (Å²) in [6, 6.07) is 3.37. The topological polar surface area (TPSA) is 91.3 Å². The number of nitrogens with one attached hydrogen (secondary N) is 2. The van der Waals surface area contributed by atoms with E-state index in [0.29, 0.717) is 18.7 Å². The number of aliphatic carboxylic acids is 1. The Labute approximate surface area is 116 Å². The zero-order valence-corrected chi connectivity index (χ0v) is 11.2. The zero-order valence-electron chi connectivity index (χ0n) is 11.2. The van der Waals surface area contributed by atoms with Gasteiger partial charge in [-0.2, -0.15) is 0 Å². The van der Waals surface area contributed by atoms with Crippen LogP contribution in [0.3, 0.4) is 0 Å². The molecule has 20 heavy (non-hydrogen) atoms. The molecule has 2 unspecified atom stereocenters. The molecule has 1 amide bonds. The fourth-order valence-electron chi connectivity index (χ4n) is 2.10. The normalized spacial score (nSPS) is 20.6. The van der Waals surface area contributed by atoms with Crippen LogP contribution in [0.15, 0.2) is 30.5 Å². The quantitative estimate of drug-likeness (QED) is 0.704. The maximum Gasteiger partial charge on any atom is 0.310 e. The van der Waals surface area contributed by atoms with Crippen LogP contribution in [0.1, 0.15) is 23.8 Å². The summed E-state index contributed by atoms with van der Waals surface area (Å²) in [4.78, 5) is 26.6. The molecule has 0 aliphatic heterocycles. The van der Waals surface area contributed by atoms with Crippen molar-refractivity contribution in [2.45, 2.75) is 19.4 Å². The van der Waals surface area contributed by atoms with Gasteiger partial charge in [0.1, 0.15) is 5.69 Å². The lowest BCUT2D eigenvalue weighted by Gasteiger charge is -2.14. The number of hydrogen-bond acceptors (Lipinski definition) is 4. The third-order valence-corrected chi connectivity index (χ3v) is 3.08. The first-order chi connectivity index (χ1) is 9.60. The van der Waals surface area contributed by atoms with Gasteiger partial charge < -0.3 is 15.7 Å². The summed E-state index contributed by atoms with van der Waals surface area (Å²) in [7, 11) is 0. The van der Waals surface area contributed by atoms with E-state index in [9.17, 15) is 9.59 Å². The molecule has 0 bridgehead atoms. The molecule has 0 saturated carbocycles. The third-order valence-electron chi connectivity index (χ3n) is 3.08. The minimum absolute atomic E-state index is 0.0411. The number of carbonyl (C=O) groups excluding carboxylic acids is 1. The van der Waals surface area contributed by atoms with E-state index in [2.05, 4.69) is 15.6 Å². The van der Waals surface area contributed by atoms with Gasteiger partial charge in [-0.15, -0.1) is 0 Å². The summed E-state index contributed by atoms with van der Waals surface area (Å²) in [5.41, 5.74) is 1.09. The van der Waals surface area contributed by atoms with Crippen LogP contribution < -0.4 is 10.6 Å². The van der Waals surface area contributed by atoms with Crippen molar-refractivity contribution in [2.24, 2.45) is 5.92 Å². The monoisotopic (exact) mass is 275 g/mol. The smallest absolute Gasteiger partial charge is 0.310 e. The minimum Gasteiger partial charge on any atom is -0.481 e. The van der Waals surface area contributed by atoms with Crippen LogP contribution in [0, 0.1) is 5.92 Å². The fraction of sp³-hybridized carbons (Fsp3) is 0.357. The van der Waals surface area contributed by atoms with Gasteiger partial charge in [0, 0.05) is 24.5 Å². The van der Waals surface area contributed by atoms with Gasteiger partial charge in [0.15, 0.2) is 0 Å². The molecule has 0 saturated heterocycles. The highest BCUT2D eigenvalue weighted by Crippen LogP contribution is 2.21. The standard InChI is InChI=1S/C14H17N3O3/c1-2-15-13(18)12-8-11(5-6-16-12)17-10-4-3-9(7-10)14(19)20/h3-6,8-10H,2,7H2,1H3,(H,15,18)(H,16,17)(H,19,20). The molecule has 1 aliphatic carbocycles. The molecule has 6 heteroatoms. The van der Waals surface area contributed by atoms with Crippen LogP contribution in [0.2, 0.25) is 0 Å². The van der Waals surface area contributed by atoms with E-state index in [1.54, 1.807) is 24.4 Å². The van der Waals surface area contributed by atoms with Gasteiger partial charge in [-0.05, 0) is 25.5 Å². The average Bonchev–Trinajstić information content (AvgIpc) is 2.88. The minimum atomic E-state index is -0.816. The molecule has 0 fully saturated rings. The lowest BCUT2D eigenvalue weighted by molar-refractivity contribution is -0.140. The van der Waals surface area contributed by atoms with Crippen LogP contribution in [0.5, 0.6) is 0 Å². The number of nitrogens with zero attached hydrogens (tertiary/aromatic N) is 1. The van der Waals surface area contributed by atoms with Crippen molar-refractivity contribution >= 4 is 17.6 Å². The van der Waals surface area contributed by atoms with Crippen molar-refractivity contribution < 1.29 is 14.7 Å². The van der Waals surface area contributed by atoms with E-state index >= 15 is 0 Å². The summed E-state index contributed by atoms with van der Waals surface area (Å²) in [5, 5.41) is 14.8. The molecule has 1 aliphatic rings.